The van der Waals surface area contributed by atoms with Gasteiger partial charge in [0, 0.05) is 32.7 Å². The van der Waals surface area contributed by atoms with Crippen LogP contribution in [0.1, 0.15) is 0 Å². The number of hydrogen-bond acceptors (Lipinski definition) is 5. The van der Waals surface area contributed by atoms with E-state index < -0.39 is 0 Å². The highest BCUT2D eigenvalue weighted by Crippen LogP contribution is 2.37. The fourth-order valence-electron chi connectivity index (χ4n) is 5.30. The van der Waals surface area contributed by atoms with Crippen LogP contribution in [0.25, 0.3) is 77.8 Å². The molecule has 0 fully saturated rings. The molecule has 0 aliphatic rings. The summed E-state index contributed by atoms with van der Waals surface area (Å²) in [6.07, 6.45) is 0. The van der Waals surface area contributed by atoms with Crippen LogP contribution in [-0.2, 0) is 0 Å². The molecule has 0 N–H and O–H groups in total. The fourth-order valence-corrected chi connectivity index (χ4v) is 5.46. The van der Waals surface area contributed by atoms with Crippen molar-refractivity contribution in [1.82, 2.24) is 15.0 Å². The number of rotatable bonds is 3. The number of hydrogen-bond donors (Lipinski definition) is 0. The molecule has 0 unspecified atom stereocenters. The normalized spacial score (nSPS) is 11.7. The maximum Gasteiger partial charge on any atom is 0.226 e. The highest BCUT2D eigenvalue weighted by atomic mass is 35.5. The van der Waals surface area contributed by atoms with Gasteiger partial charge in [0.25, 0.3) is 0 Å². The van der Waals surface area contributed by atoms with Gasteiger partial charge in [-0.05, 0) is 35.4 Å². The molecule has 0 aliphatic heterocycles. The predicted octanol–water partition coefficient (Wildman–Crippen LogP) is 9.32. The summed E-state index contributed by atoms with van der Waals surface area (Å²) in [5, 5.41) is 4.38. The maximum absolute atomic E-state index is 6.41. The standard InChI is InChI=1S/C33H18ClN3O2/c34-33-36-31(35-32(37-33)26-12-6-11-25-23-8-2-4-14-28(23)39-30(25)26)20-17-15-19(16-18-20)21-9-5-10-24-22-7-1-3-13-27(22)38-29(21)24/h1-18H. The third-order valence-corrected chi connectivity index (χ3v) is 7.28. The highest BCUT2D eigenvalue weighted by Gasteiger charge is 2.17. The Balaban J connectivity index is 1.22. The van der Waals surface area contributed by atoms with Crippen molar-refractivity contribution in [1.29, 1.82) is 0 Å². The molecule has 6 heteroatoms. The van der Waals surface area contributed by atoms with E-state index >= 15 is 0 Å². The lowest BCUT2D eigenvalue weighted by Crippen LogP contribution is -1.97. The van der Waals surface area contributed by atoms with Crippen molar-refractivity contribution in [3.63, 3.8) is 0 Å². The lowest BCUT2D eigenvalue weighted by Gasteiger charge is -2.07. The molecule has 0 radical (unpaired) electrons. The zero-order valence-electron chi connectivity index (χ0n) is 20.4. The quantitative estimate of drug-likeness (QED) is 0.231. The van der Waals surface area contributed by atoms with Gasteiger partial charge in [-0.3, -0.25) is 0 Å². The van der Waals surface area contributed by atoms with Gasteiger partial charge < -0.3 is 8.83 Å². The number of halogens is 1. The Bertz CT molecular complexity index is 2200. The highest BCUT2D eigenvalue weighted by molar-refractivity contribution is 6.28. The average molecular weight is 524 g/mol. The van der Waals surface area contributed by atoms with Crippen LogP contribution in [0.3, 0.4) is 0 Å². The Kier molecular flexibility index (Phi) is 4.81. The van der Waals surface area contributed by atoms with Crippen LogP contribution in [-0.4, -0.2) is 15.0 Å². The predicted molar refractivity (Wildman–Crippen MR) is 156 cm³/mol. The summed E-state index contributed by atoms with van der Waals surface area (Å²) >= 11 is 6.41. The molecule has 0 bridgehead atoms. The maximum atomic E-state index is 6.41. The SMILES string of the molecule is Clc1nc(-c2ccc(-c3cccc4c3oc3ccccc34)cc2)nc(-c2cccc3c2oc2ccccc23)n1. The Morgan fingerprint density at radius 1 is 0.436 bits per heavy atom. The molecule has 0 atom stereocenters. The Labute approximate surface area is 227 Å². The van der Waals surface area contributed by atoms with Crippen LogP contribution in [0.2, 0.25) is 5.28 Å². The van der Waals surface area contributed by atoms with E-state index in [0.29, 0.717) is 11.6 Å². The minimum Gasteiger partial charge on any atom is -0.455 e. The number of fused-ring (bicyclic) bond motifs is 6. The van der Waals surface area contributed by atoms with Crippen LogP contribution >= 0.6 is 11.6 Å². The van der Waals surface area contributed by atoms with Crippen molar-refractivity contribution < 1.29 is 8.83 Å². The Morgan fingerprint density at radius 2 is 0.949 bits per heavy atom. The van der Waals surface area contributed by atoms with Crippen molar-refractivity contribution >= 4 is 55.5 Å². The third-order valence-electron chi connectivity index (χ3n) is 7.11. The van der Waals surface area contributed by atoms with E-state index in [-0.39, 0.29) is 5.28 Å². The molecule has 184 valence electrons. The fraction of sp³-hybridized carbons (Fsp3) is 0. The van der Waals surface area contributed by atoms with Gasteiger partial charge >= 0.3 is 0 Å². The molecular formula is C33H18ClN3O2. The lowest BCUT2D eigenvalue weighted by atomic mass is 10.0. The van der Waals surface area contributed by atoms with Crippen molar-refractivity contribution in [2.75, 3.05) is 0 Å². The van der Waals surface area contributed by atoms with E-state index in [0.717, 1.165) is 66.1 Å². The molecule has 8 aromatic rings. The minimum absolute atomic E-state index is 0.124. The Hall–Kier alpha value is -5.00. The summed E-state index contributed by atoms with van der Waals surface area (Å²) in [7, 11) is 0. The molecule has 0 saturated heterocycles. The first kappa shape index (κ1) is 22.0. The molecule has 3 aromatic heterocycles. The molecule has 8 rings (SSSR count). The molecule has 0 amide bonds. The number of nitrogens with zero attached hydrogens (tertiary/aromatic N) is 3. The molecule has 0 spiro atoms. The van der Waals surface area contributed by atoms with Crippen LogP contribution in [0.15, 0.2) is 118 Å². The summed E-state index contributed by atoms with van der Waals surface area (Å²) in [6, 6.07) is 36.3. The van der Waals surface area contributed by atoms with Crippen LogP contribution < -0.4 is 0 Å². The zero-order valence-corrected chi connectivity index (χ0v) is 21.2. The van der Waals surface area contributed by atoms with Gasteiger partial charge in [0.15, 0.2) is 11.6 Å². The first-order chi connectivity index (χ1) is 19.2. The van der Waals surface area contributed by atoms with E-state index in [1.165, 1.54) is 0 Å². The average Bonchev–Trinajstić information content (AvgIpc) is 3.55. The van der Waals surface area contributed by atoms with Crippen LogP contribution in [0.5, 0.6) is 0 Å². The molecular weight excluding hydrogens is 506 g/mol. The van der Waals surface area contributed by atoms with Crippen LogP contribution in [0.4, 0.5) is 0 Å². The molecule has 0 saturated carbocycles. The summed E-state index contributed by atoms with van der Waals surface area (Å²) in [4.78, 5) is 13.7. The van der Waals surface area contributed by atoms with Gasteiger partial charge in [-0.25, -0.2) is 4.98 Å². The number of para-hydroxylation sites is 4. The van der Waals surface area contributed by atoms with Gasteiger partial charge in [0.05, 0.1) is 5.56 Å². The van der Waals surface area contributed by atoms with Gasteiger partial charge in [0.1, 0.15) is 22.3 Å². The lowest BCUT2D eigenvalue weighted by molar-refractivity contribution is 0.669. The second-order valence-electron chi connectivity index (χ2n) is 9.39. The minimum atomic E-state index is 0.124. The van der Waals surface area contributed by atoms with Gasteiger partial charge in [-0.1, -0.05) is 91.0 Å². The molecule has 0 aliphatic carbocycles. The topological polar surface area (TPSA) is 65.0 Å². The first-order valence-corrected chi connectivity index (χ1v) is 12.9. The second kappa shape index (κ2) is 8.51. The van der Waals surface area contributed by atoms with E-state index in [1.807, 2.05) is 72.8 Å². The monoisotopic (exact) mass is 523 g/mol. The van der Waals surface area contributed by atoms with Crippen molar-refractivity contribution in [3.8, 4) is 33.9 Å². The molecule has 5 aromatic carbocycles. The summed E-state index contributed by atoms with van der Waals surface area (Å²) in [6.45, 7) is 0. The zero-order chi connectivity index (χ0) is 25.9. The summed E-state index contributed by atoms with van der Waals surface area (Å²) < 4.78 is 12.4. The van der Waals surface area contributed by atoms with Crippen LogP contribution in [0, 0.1) is 0 Å². The first-order valence-electron chi connectivity index (χ1n) is 12.6. The second-order valence-corrected chi connectivity index (χ2v) is 9.73. The number of benzene rings is 5. The number of aromatic nitrogens is 3. The van der Waals surface area contributed by atoms with E-state index in [1.54, 1.807) is 0 Å². The van der Waals surface area contributed by atoms with Gasteiger partial charge in [0.2, 0.25) is 5.28 Å². The van der Waals surface area contributed by atoms with E-state index in [2.05, 4.69) is 46.4 Å². The Morgan fingerprint density at radius 3 is 1.62 bits per heavy atom. The molecule has 5 nitrogen and oxygen atoms in total. The van der Waals surface area contributed by atoms with Gasteiger partial charge in [-0.2, -0.15) is 9.97 Å². The largest absolute Gasteiger partial charge is 0.455 e. The molecule has 39 heavy (non-hydrogen) atoms. The third kappa shape index (κ3) is 3.51. The van der Waals surface area contributed by atoms with E-state index in [9.17, 15) is 0 Å². The van der Waals surface area contributed by atoms with Gasteiger partial charge in [-0.15, -0.1) is 0 Å². The van der Waals surface area contributed by atoms with Crippen molar-refractivity contribution in [2.24, 2.45) is 0 Å². The van der Waals surface area contributed by atoms with E-state index in [4.69, 9.17) is 25.4 Å². The summed E-state index contributed by atoms with van der Waals surface area (Å²) in [5.41, 5.74) is 6.95. The van der Waals surface area contributed by atoms with Crippen molar-refractivity contribution in [3.05, 3.63) is 114 Å². The summed E-state index contributed by atoms with van der Waals surface area (Å²) in [5.74, 6) is 0.956. The van der Waals surface area contributed by atoms with Crippen molar-refractivity contribution in [2.45, 2.75) is 0 Å². The smallest absolute Gasteiger partial charge is 0.226 e. The molecule has 3 heterocycles. The number of furan rings is 2.